The van der Waals surface area contributed by atoms with E-state index in [-0.39, 0.29) is 5.69 Å². The van der Waals surface area contributed by atoms with Gasteiger partial charge in [-0.15, -0.1) is 0 Å². The number of anilines is 2. The molecule has 3 rings (SSSR count). The zero-order valence-corrected chi connectivity index (χ0v) is 14.1. The topological polar surface area (TPSA) is 88.3 Å². The molecule has 1 fully saturated rings. The summed E-state index contributed by atoms with van der Waals surface area (Å²) in [5.41, 5.74) is 1.66. The van der Waals surface area contributed by atoms with Gasteiger partial charge in [0, 0.05) is 43.5 Å². The Labute approximate surface area is 140 Å². The second-order valence-corrected chi connectivity index (χ2v) is 5.97. The molecule has 2 aromatic heterocycles. The van der Waals surface area contributed by atoms with Crippen LogP contribution >= 0.6 is 0 Å². The van der Waals surface area contributed by atoms with Gasteiger partial charge in [0.1, 0.15) is 23.7 Å². The third-order valence-electron chi connectivity index (χ3n) is 4.15. The van der Waals surface area contributed by atoms with Crippen molar-refractivity contribution < 1.29 is 4.92 Å². The van der Waals surface area contributed by atoms with E-state index in [4.69, 9.17) is 0 Å². The molecule has 3 heterocycles. The highest BCUT2D eigenvalue weighted by atomic mass is 16.6. The molecule has 0 aromatic carbocycles. The van der Waals surface area contributed by atoms with Gasteiger partial charge in [-0.3, -0.25) is 10.1 Å². The average Bonchev–Trinajstić information content (AvgIpc) is 2.53. The normalized spacial score (nSPS) is 14.8. The molecule has 1 aliphatic heterocycles. The van der Waals surface area contributed by atoms with Crippen molar-refractivity contribution in [2.75, 3.05) is 36.0 Å². The Morgan fingerprint density at radius 2 is 1.62 bits per heavy atom. The van der Waals surface area contributed by atoms with E-state index in [2.05, 4.69) is 24.8 Å². The van der Waals surface area contributed by atoms with Crippen molar-refractivity contribution in [3.63, 3.8) is 0 Å². The van der Waals surface area contributed by atoms with Crippen molar-refractivity contribution in [3.8, 4) is 0 Å². The standard InChI is InChI=1S/C16H20N6O2/c1-11-8-15(17-10-14(11)22(23)24)20-4-6-21(7-5-20)16-9-12(2)18-13(3)19-16/h8-10H,4-7H2,1-3H3. The van der Waals surface area contributed by atoms with Crippen molar-refractivity contribution in [2.45, 2.75) is 20.8 Å². The number of hydrogen-bond acceptors (Lipinski definition) is 7. The van der Waals surface area contributed by atoms with Gasteiger partial charge < -0.3 is 9.80 Å². The molecule has 0 atom stereocenters. The van der Waals surface area contributed by atoms with Gasteiger partial charge in [0.2, 0.25) is 0 Å². The maximum Gasteiger partial charge on any atom is 0.290 e. The first-order chi connectivity index (χ1) is 11.4. The van der Waals surface area contributed by atoms with E-state index in [1.165, 1.54) is 6.20 Å². The molecular formula is C16H20N6O2. The van der Waals surface area contributed by atoms with Gasteiger partial charge in [0.25, 0.3) is 5.69 Å². The van der Waals surface area contributed by atoms with Crippen LogP contribution in [0.4, 0.5) is 17.3 Å². The highest BCUT2D eigenvalue weighted by molar-refractivity contribution is 5.50. The number of pyridine rings is 1. The fourth-order valence-electron chi connectivity index (χ4n) is 2.92. The molecule has 1 saturated heterocycles. The van der Waals surface area contributed by atoms with Crippen molar-refractivity contribution in [3.05, 3.63) is 45.5 Å². The highest BCUT2D eigenvalue weighted by Gasteiger charge is 2.21. The molecule has 0 spiro atoms. The molecule has 0 amide bonds. The number of nitro groups is 1. The molecule has 0 N–H and O–H groups in total. The van der Waals surface area contributed by atoms with E-state index in [1.807, 2.05) is 19.9 Å². The number of piperazine rings is 1. The van der Waals surface area contributed by atoms with Crippen LogP contribution in [0, 0.1) is 30.9 Å². The molecule has 0 radical (unpaired) electrons. The second kappa shape index (κ2) is 6.38. The number of aryl methyl sites for hydroxylation is 3. The molecular weight excluding hydrogens is 308 g/mol. The Hall–Kier alpha value is -2.77. The van der Waals surface area contributed by atoms with Gasteiger partial charge in [-0.25, -0.2) is 15.0 Å². The van der Waals surface area contributed by atoms with Crippen LogP contribution in [0.25, 0.3) is 0 Å². The molecule has 1 aliphatic rings. The summed E-state index contributed by atoms with van der Waals surface area (Å²) in [5, 5.41) is 10.9. The zero-order valence-electron chi connectivity index (χ0n) is 14.1. The zero-order chi connectivity index (χ0) is 17.3. The van der Waals surface area contributed by atoms with Crippen LogP contribution in [-0.2, 0) is 0 Å². The molecule has 0 saturated carbocycles. The van der Waals surface area contributed by atoms with Crippen LogP contribution in [0.15, 0.2) is 18.3 Å². The Morgan fingerprint density at radius 3 is 2.17 bits per heavy atom. The summed E-state index contributed by atoms with van der Waals surface area (Å²) in [4.78, 5) is 27.9. The Bertz CT molecular complexity index is 751. The quantitative estimate of drug-likeness (QED) is 0.629. The third kappa shape index (κ3) is 3.27. The van der Waals surface area contributed by atoms with Crippen molar-refractivity contribution in [1.29, 1.82) is 0 Å². The smallest absolute Gasteiger partial charge is 0.290 e. The van der Waals surface area contributed by atoms with Crippen LogP contribution in [0.3, 0.4) is 0 Å². The average molecular weight is 328 g/mol. The molecule has 2 aromatic rings. The van der Waals surface area contributed by atoms with Gasteiger partial charge in [-0.05, 0) is 26.8 Å². The van der Waals surface area contributed by atoms with Crippen LogP contribution in [0.2, 0.25) is 0 Å². The lowest BCUT2D eigenvalue weighted by atomic mass is 10.2. The van der Waals surface area contributed by atoms with E-state index in [0.717, 1.165) is 49.3 Å². The fraction of sp³-hybridized carbons (Fsp3) is 0.438. The molecule has 0 aliphatic carbocycles. The molecule has 8 heteroatoms. The monoisotopic (exact) mass is 328 g/mol. The summed E-state index contributed by atoms with van der Waals surface area (Å²) in [6.45, 7) is 8.86. The second-order valence-electron chi connectivity index (χ2n) is 5.97. The maximum absolute atomic E-state index is 10.9. The highest BCUT2D eigenvalue weighted by Crippen LogP contribution is 2.23. The summed E-state index contributed by atoms with van der Waals surface area (Å²) in [5.74, 6) is 2.51. The lowest BCUT2D eigenvalue weighted by Crippen LogP contribution is -2.47. The van der Waals surface area contributed by atoms with E-state index in [0.29, 0.717) is 5.56 Å². The Kier molecular flexibility index (Phi) is 4.28. The minimum Gasteiger partial charge on any atom is -0.353 e. The van der Waals surface area contributed by atoms with Gasteiger partial charge in [0.05, 0.1) is 4.92 Å². The van der Waals surface area contributed by atoms with Gasteiger partial charge >= 0.3 is 0 Å². The number of rotatable bonds is 3. The van der Waals surface area contributed by atoms with E-state index in [1.54, 1.807) is 13.0 Å². The van der Waals surface area contributed by atoms with Crippen molar-refractivity contribution >= 4 is 17.3 Å². The number of aromatic nitrogens is 3. The SMILES string of the molecule is Cc1cc(N2CCN(c3cc(C)c([N+](=O)[O-])cn3)CC2)nc(C)n1. The first kappa shape index (κ1) is 16.1. The Balaban J connectivity index is 1.71. The number of hydrogen-bond donors (Lipinski definition) is 0. The van der Waals surface area contributed by atoms with Crippen molar-refractivity contribution in [2.24, 2.45) is 0 Å². The molecule has 0 unspecified atom stereocenters. The largest absolute Gasteiger partial charge is 0.353 e. The lowest BCUT2D eigenvalue weighted by Gasteiger charge is -2.36. The first-order valence-corrected chi connectivity index (χ1v) is 7.87. The van der Waals surface area contributed by atoms with E-state index in [9.17, 15) is 10.1 Å². The molecule has 8 nitrogen and oxygen atoms in total. The third-order valence-corrected chi connectivity index (χ3v) is 4.15. The number of nitrogens with zero attached hydrogens (tertiary/aromatic N) is 6. The van der Waals surface area contributed by atoms with Crippen molar-refractivity contribution in [1.82, 2.24) is 15.0 Å². The van der Waals surface area contributed by atoms with Gasteiger partial charge in [0.15, 0.2) is 0 Å². The Morgan fingerprint density at radius 1 is 1.00 bits per heavy atom. The summed E-state index contributed by atoms with van der Waals surface area (Å²) in [6, 6.07) is 3.78. The fourth-order valence-corrected chi connectivity index (χ4v) is 2.92. The summed E-state index contributed by atoms with van der Waals surface area (Å²) < 4.78 is 0. The summed E-state index contributed by atoms with van der Waals surface area (Å²) >= 11 is 0. The lowest BCUT2D eigenvalue weighted by molar-refractivity contribution is -0.385. The van der Waals surface area contributed by atoms with Gasteiger partial charge in [-0.1, -0.05) is 0 Å². The van der Waals surface area contributed by atoms with Crippen LogP contribution in [-0.4, -0.2) is 46.1 Å². The van der Waals surface area contributed by atoms with Crippen LogP contribution < -0.4 is 9.80 Å². The molecule has 126 valence electrons. The molecule has 24 heavy (non-hydrogen) atoms. The minimum atomic E-state index is -0.399. The van der Waals surface area contributed by atoms with E-state index >= 15 is 0 Å². The van der Waals surface area contributed by atoms with Crippen LogP contribution in [0.1, 0.15) is 17.1 Å². The summed E-state index contributed by atoms with van der Waals surface area (Å²) in [6.07, 6.45) is 1.34. The van der Waals surface area contributed by atoms with Crippen LogP contribution in [0.5, 0.6) is 0 Å². The summed E-state index contributed by atoms with van der Waals surface area (Å²) in [7, 11) is 0. The predicted octanol–water partition coefficient (Wildman–Crippen LogP) is 2.03. The van der Waals surface area contributed by atoms with Gasteiger partial charge in [-0.2, -0.15) is 0 Å². The minimum absolute atomic E-state index is 0.0596. The predicted molar refractivity (Wildman–Crippen MR) is 91.6 cm³/mol. The molecule has 0 bridgehead atoms. The first-order valence-electron chi connectivity index (χ1n) is 7.87. The van der Waals surface area contributed by atoms with E-state index < -0.39 is 4.92 Å². The maximum atomic E-state index is 10.9.